The summed E-state index contributed by atoms with van der Waals surface area (Å²) in [6, 6.07) is 10.1. The highest BCUT2D eigenvalue weighted by Gasteiger charge is 2.48. The standard InChI is InChI=1S/C27H30ClN3O2S2/c28-21-5-3-18(4-6-21)23-15-20(7-10-30-11-8-29-9-12-30)24(33-23)16-25-26(32)31(27(34)35-25)22-14-17-1-2-19(22)13-17/h3-6,15-17,19,22,29H,1-2,7-14H2/p+1/b25-16-. The minimum Gasteiger partial charge on any atom is -0.456 e. The number of rotatable bonds is 6. The number of furan rings is 1. The van der Waals surface area contributed by atoms with E-state index in [9.17, 15) is 4.79 Å². The molecule has 2 bridgehead atoms. The average molecular weight is 529 g/mol. The maximum atomic E-state index is 13.5. The van der Waals surface area contributed by atoms with Crippen LogP contribution in [0.4, 0.5) is 0 Å². The first kappa shape index (κ1) is 23.7. The van der Waals surface area contributed by atoms with Crippen LogP contribution in [0.25, 0.3) is 17.4 Å². The molecular weight excluding hydrogens is 498 g/mol. The molecule has 6 rings (SSSR count). The lowest BCUT2D eigenvalue weighted by atomic mass is 9.94. The van der Waals surface area contributed by atoms with Gasteiger partial charge in [0.1, 0.15) is 15.8 Å². The van der Waals surface area contributed by atoms with Crippen LogP contribution < -0.4 is 5.32 Å². The van der Waals surface area contributed by atoms with E-state index in [1.807, 2.05) is 35.2 Å². The highest BCUT2D eigenvalue weighted by molar-refractivity contribution is 8.26. The lowest BCUT2D eigenvalue weighted by molar-refractivity contribution is -0.663. The number of hydrogen-bond donors (Lipinski definition) is 1. The lowest BCUT2D eigenvalue weighted by Crippen LogP contribution is -2.89. The molecule has 1 aromatic heterocycles. The van der Waals surface area contributed by atoms with Gasteiger partial charge in [-0.25, -0.2) is 0 Å². The van der Waals surface area contributed by atoms with Crippen LogP contribution in [0, 0.1) is 11.8 Å². The molecule has 1 amide bonds. The molecule has 0 radical (unpaired) electrons. The number of fused-ring (bicyclic) bond motifs is 2. The van der Waals surface area contributed by atoms with Crippen molar-refractivity contribution in [3.63, 3.8) is 0 Å². The van der Waals surface area contributed by atoms with Crippen molar-refractivity contribution in [3.8, 4) is 11.3 Å². The number of halogens is 1. The molecule has 184 valence electrons. The van der Waals surface area contributed by atoms with Crippen molar-refractivity contribution in [1.29, 1.82) is 0 Å². The Labute approximate surface area is 221 Å². The number of quaternary nitrogens is 1. The van der Waals surface area contributed by atoms with Crippen molar-refractivity contribution >= 4 is 51.9 Å². The molecule has 4 fully saturated rings. The Morgan fingerprint density at radius 1 is 1.17 bits per heavy atom. The SMILES string of the molecule is O=C1/C(=C/c2oc(-c3ccc(Cl)cc3)cc2CCN2CC[NH2+]CC2)SC(=S)N1C1CC2CCC1C2. The molecule has 3 heterocycles. The van der Waals surface area contributed by atoms with Gasteiger partial charge in [0.25, 0.3) is 5.91 Å². The minimum absolute atomic E-state index is 0.0551. The molecule has 2 saturated carbocycles. The van der Waals surface area contributed by atoms with Gasteiger partial charge in [0, 0.05) is 42.3 Å². The molecule has 3 atom stereocenters. The van der Waals surface area contributed by atoms with E-state index in [0.717, 1.165) is 74.1 Å². The van der Waals surface area contributed by atoms with E-state index in [-0.39, 0.29) is 11.9 Å². The van der Waals surface area contributed by atoms with E-state index in [4.69, 9.17) is 28.2 Å². The van der Waals surface area contributed by atoms with Crippen LogP contribution in [-0.2, 0) is 11.2 Å². The number of benzene rings is 1. The molecule has 0 spiro atoms. The largest absolute Gasteiger partial charge is 0.456 e. The normalized spacial score (nSPS) is 28.1. The number of piperazine rings is 1. The number of nitrogens with zero attached hydrogens (tertiary/aromatic N) is 2. The highest BCUT2D eigenvalue weighted by Crippen LogP contribution is 2.49. The molecule has 2 aliphatic heterocycles. The number of thiocarbonyl (C=S) groups is 1. The summed E-state index contributed by atoms with van der Waals surface area (Å²) in [6.07, 6.45) is 7.71. The van der Waals surface area contributed by atoms with E-state index in [1.54, 1.807) is 0 Å². The van der Waals surface area contributed by atoms with E-state index < -0.39 is 0 Å². The molecule has 2 aliphatic carbocycles. The van der Waals surface area contributed by atoms with Crippen LogP contribution in [0.3, 0.4) is 0 Å². The predicted octanol–water partition coefficient (Wildman–Crippen LogP) is 4.41. The summed E-state index contributed by atoms with van der Waals surface area (Å²) < 4.78 is 7.07. The Balaban J connectivity index is 1.27. The van der Waals surface area contributed by atoms with Gasteiger partial charge in [-0.3, -0.25) is 14.6 Å². The Kier molecular flexibility index (Phi) is 6.80. The van der Waals surface area contributed by atoms with Crippen molar-refractivity contribution in [2.45, 2.75) is 38.1 Å². The summed E-state index contributed by atoms with van der Waals surface area (Å²) in [5, 5.41) is 3.07. The van der Waals surface area contributed by atoms with Gasteiger partial charge in [-0.15, -0.1) is 0 Å². The zero-order valence-electron chi connectivity index (χ0n) is 19.7. The van der Waals surface area contributed by atoms with Gasteiger partial charge in [0.05, 0.1) is 18.0 Å². The van der Waals surface area contributed by atoms with Crippen LogP contribution in [0.2, 0.25) is 5.02 Å². The van der Waals surface area contributed by atoms with Crippen LogP contribution in [0.5, 0.6) is 0 Å². The number of thioether (sulfide) groups is 1. The third-order valence-electron chi connectivity index (χ3n) is 8.08. The van der Waals surface area contributed by atoms with Crippen LogP contribution in [0.1, 0.15) is 37.0 Å². The smallest absolute Gasteiger partial charge is 0.266 e. The monoisotopic (exact) mass is 528 g/mol. The fourth-order valence-corrected chi connectivity index (χ4v) is 7.71. The van der Waals surface area contributed by atoms with Crippen molar-refractivity contribution in [2.75, 3.05) is 32.7 Å². The molecule has 2 saturated heterocycles. The molecule has 35 heavy (non-hydrogen) atoms. The Morgan fingerprint density at radius 2 is 1.97 bits per heavy atom. The van der Waals surface area contributed by atoms with Crippen molar-refractivity contribution in [1.82, 2.24) is 9.80 Å². The van der Waals surface area contributed by atoms with Gasteiger partial charge in [-0.1, -0.05) is 42.0 Å². The van der Waals surface area contributed by atoms with Gasteiger partial charge in [0.15, 0.2) is 0 Å². The Hall–Kier alpha value is -1.64. The second-order valence-corrected chi connectivity index (χ2v) is 12.4. The van der Waals surface area contributed by atoms with E-state index in [2.05, 4.69) is 16.3 Å². The molecule has 3 unspecified atom stereocenters. The van der Waals surface area contributed by atoms with E-state index in [0.29, 0.717) is 20.2 Å². The number of carbonyl (C=O) groups is 1. The second-order valence-electron chi connectivity index (χ2n) is 10.3. The number of hydrogen-bond acceptors (Lipinski definition) is 5. The van der Waals surface area contributed by atoms with Gasteiger partial charge in [-0.05, 0) is 73.4 Å². The maximum Gasteiger partial charge on any atom is 0.266 e. The fourth-order valence-electron chi connectivity index (χ4n) is 6.23. The second kappa shape index (κ2) is 10.0. The van der Waals surface area contributed by atoms with Gasteiger partial charge in [-0.2, -0.15) is 0 Å². The van der Waals surface area contributed by atoms with E-state index >= 15 is 0 Å². The molecule has 8 heteroatoms. The van der Waals surface area contributed by atoms with Gasteiger partial charge >= 0.3 is 0 Å². The summed E-state index contributed by atoms with van der Waals surface area (Å²) in [5.41, 5.74) is 2.12. The first-order chi connectivity index (χ1) is 17.0. The average Bonchev–Trinajstić information content (AvgIpc) is 3.64. The molecule has 2 N–H and O–H groups in total. The Bertz CT molecular complexity index is 1160. The minimum atomic E-state index is 0.0551. The van der Waals surface area contributed by atoms with Crippen LogP contribution in [-0.4, -0.2) is 58.8 Å². The quantitative estimate of drug-likeness (QED) is 0.444. The maximum absolute atomic E-state index is 13.5. The van der Waals surface area contributed by atoms with Gasteiger partial charge < -0.3 is 9.73 Å². The number of nitrogens with two attached hydrogens (primary N) is 1. The highest BCUT2D eigenvalue weighted by atomic mass is 35.5. The first-order valence-corrected chi connectivity index (χ1v) is 14.3. The molecule has 5 nitrogen and oxygen atoms in total. The first-order valence-electron chi connectivity index (χ1n) is 12.7. The van der Waals surface area contributed by atoms with Crippen molar-refractivity contribution in [3.05, 3.63) is 51.6 Å². The summed E-state index contributed by atoms with van der Waals surface area (Å²) >= 11 is 13.2. The lowest BCUT2D eigenvalue weighted by Gasteiger charge is -2.30. The third-order valence-corrected chi connectivity index (χ3v) is 9.67. The predicted molar refractivity (Wildman–Crippen MR) is 145 cm³/mol. The summed E-state index contributed by atoms with van der Waals surface area (Å²) in [5.74, 6) is 3.01. The molecule has 2 aromatic rings. The topological polar surface area (TPSA) is 53.3 Å². The summed E-state index contributed by atoms with van der Waals surface area (Å²) in [6.45, 7) is 5.51. The van der Waals surface area contributed by atoms with Gasteiger partial charge in [0.2, 0.25) is 0 Å². The zero-order valence-corrected chi connectivity index (χ0v) is 22.1. The summed E-state index contributed by atoms with van der Waals surface area (Å²) in [7, 11) is 0. The number of amides is 1. The molecular formula is C27H31ClN3O2S2+. The molecule has 4 aliphatic rings. The van der Waals surface area contributed by atoms with Crippen molar-refractivity contribution in [2.24, 2.45) is 11.8 Å². The van der Waals surface area contributed by atoms with Crippen molar-refractivity contribution < 1.29 is 14.5 Å². The van der Waals surface area contributed by atoms with E-state index in [1.165, 1.54) is 31.0 Å². The summed E-state index contributed by atoms with van der Waals surface area (Å²) in [4.78, 5) is 18.6. The third kappa shape index (κ3) is 4.86. The van der Waals surface area contributed by atoms with Crippen LogP contribution >= 0.6 is 35.6 Å². The Morgan fingerprint density at radius 3 is 2.69 bits per heavy atom. The molecule has 1 aromatic carbocycles. The van der Waals surface area contributed by atoms with Crippen LogP contribution in [0.15, 0.2) is 39.7 Å². The number of carbonyl (C=O) groups excluding carboxylic acids is 1. The zero-order chi connectivity index (χ0) is 23.9. The fraction of sp³-hybridized carbons (Fsp3) is 0.481.